The van der Waals surface area contributed by atoms with Gasteiger partial charge in [-0.3, -0.25) is 0 Å². The number of methoxy groups -OCH3 is 2. The summed E-state index contributed by atoms with van der Waals surface area (Å²) in [6, 6.07) is 8.12. The number of aryl methyl sites for hydroxylation is 2. The number of aliphatic hydroxyl groups excluding tert-OH is 1. The minimum atomic E-state index is 0.00773. The first-order chi connectivity index (χ1) is 12.6. The van der Waals surface area contributed by atoms with Crippen LogP contribution in [0.2, 0.25) is 0 Å². The van der Waals surface area contributed by atoms with Gasteiger partial charge in [-0.1, -0.05) is 0 Å². The van der Waals surface area contributed by atoms with Crippen LogP contribution in [0.25, 0.3) is 11.8 Å². The second kappa shape index (κ2) is 7.70. The molecule has 0 atom stereocenters. The third-order valence-corrected chi connectivity index (χ3v) is 4.54. The molecule has 0 radical (unpaired) electrons. The van der Waals surface area contributed by atoms with Gasteiger partial charge in [0, 0.05) is 23.9 Å². The molecule has 2 aromatic carbocycles. The van der Waals surface area contributed by atoms with Gasteiger partial charge in [0.2, 0.25) is 0 Å². The van der Waals surface area contributed by atoms with Crippen molar-refractivity contribution in [2.24, 2.45) is 0 Å². The number of hydrogen-bond acceptors (Lipinski definition) is 5. The average Bonchev–Trinajstić information content (AvgIpc) is 2.65. The molecule has 26 heavy (non-hydrogen) atoms. The highest BCUT2D eigenvalue weighted by atomic mass is 16.5. The molecule has 0 fully saturated rings. The van der Waals surface area contributed by atoms with E-state index < -0.39 is 0 Å². The monoisotopic (exact) mass is 355 g/mol. The summed E-state index contributed by atoms with van der Waals surface area (Å²) in [5, 5.41) is 12.5. The van der Waals surface area contributed by atoms with Gasteiger partial charge in [0.1, 0.15) is 23.9 Å². The van der Waals surface area contributed by atoms with E-state index in [0.29, 0.717) is 13.2 Å². The zero-order chi connectivity index (χ0) is 18.7. The molecule has 2 N–H and O–H groups in total. The Morgan fingerprint density at radius 2 is 1.77 bits per heavy atom. The maximum Gasteiger partial charge on any atom is 0.128 e. The molecular weight excluding hydrogens is 330 g/mol. The summed E-state index contributed by atoms with van der Waals surface area (Å²) in [4.78, 5) is 0. The number of benzene rings is 2. The van der Waals surface area contributed by atoms with Crippen LogP contribution in [0.5, 0.6) is 17.2 Å². The van der Waals surface area contributed by atoms with Crippen molar-refractivity contribution >= 4 is 11.8 Å². The molecule has 0 spiro atoms. The van der Waals surface area contributed by atoms with Gasteiger partial charge >= 0.3 is 0 Å². The first-order valence-electron chi connectivity index (χ1n) is 8.63. The minimum Gasteiger partial charge on any atom is -0.497 e. The normalized spacial score (nSPS) is 12.7. The van der Waals surface area contributed by atoms with Crippen LogP contribution in [0.1, 0.15) is 27.8 Å². The molecule has 1 heterocycles. The number of ether oxygens (including phenoxy) is 3. The summed E-state index contributed by atoms with van der Waals surface area (Å²) in [5.41, 5.74) is 6.45. The number of nitrogens with one attached hydrogen (secondary N) is 1. The van der Waals surface area contributed by atoms with Gasteiger partial charge in [-0.2, -0.15) is 0 Å². The lowest BCUT2D eigenvalue weighted by Crippen LogP contribution is -2.18. The van der Waals surface area contributed by atoms with Gasteiger partial charge in [0.15, 0.2) is 0 Å². The Hall–Kier alpha value is -2.66. The Kier molecular flexibility index (Phi) is 5.38. The van der Waals surface area contributed by atoms with Crippen LogP contribution in [0.15, 0.2) is 24.3 Å². The first kappa shape index (κ1) is 18.1. The Labute approximate surface area is 154 Å². The number of aliphatic hydroxyl groups is 1. The fraction of sp³-hybridized carbons (Fsp3) is 0.333. The van der Waals surface area contributed by atoms with E-state index in [9.17, 15) is 0 Å². The van der Waals surface area contributed by atoms with Gasteiger partial charge in [-0.15, -0.1) is 0 Å². The predicted molar refractivity (Wildman–Crippen MR) is 103 cm³/mol. The molecule has 3 rings (SSSR count). The Morgan fingerprint density at radius 1 is 1.04 bits per heavy atom. The summed E-state index contributed by atoms with van der Waals surface area (Å²) in [6.45, 7) is 5.04. The van der Waals surface area contributed by atoms with Crippen LogP contribution in [0, 0.1) is 13.8 Å². The SMILES string of the molecule is COc1cc2c(c(OC)c1)CNC(c1cc(C)c(OCCO)c(C)c1)=C2. The van der Waals surface area contributed by atoms with Crippen molar-refractivity contribution in [1.29, 1.82) is 0 Å². The third kappa shape index (κ3) is 3.48. The topological polar surface area (TPSA) is 60.0 Å². The number of hydrogen-bond donors (Lipinski definition) is 2. The van der Waals surface area contributed by atoms with E-state index in [2.05, 4.69) is 23.5 Å². The van der Waals surface area contributed by atoms with E-state index in [4.69, 9.17) is 19.3 Å². The second-order valence-corrected chi connectivity index (χ2v) is 6.32. The molecule has 1 aliphatic rings. The molecule has 0 aliphatic carbocycles. The molecule has 5 heteroatoms. The zero-order valence-electron chi connectivity index (χ0n) is 15.7. The van der Waals surface area contributed by atoms with Crippen molar-refractivity contribution in [3.8, 4) is 17.2 Å². The standard InChI is InChI=1S/C21H25NO4/c1-13-7-16(8-14(2)21(13)26-6-5-23)19-10-15-9-17(24-3)11-20(25-4)18(15)12-22-19/h7-11,22-23H,5-6,12H2,1-4H3. The fourth-order valence-electron chi connectivity index (χ4n) is 3.32. The smallest absolute Gasteiger partial charge is 0.128 e. The van der Waals surface area contributed by atoms with E-state index >= 15 is 0 Å². The van der Waals surface area contributed by atoms with Crippen molar-refractivity contribution in [3.05, 3.63) is 52.1 Å². The van der Waals surface area contributed by atoms with Crippen molar-refractivity contribution < 1.29 is 19.3 Å². The molecule has 0 saturated carbocycles. The molecule has 0 bridgehead atoms. The molecule has 138 valence electrons. The average molecular weight is 355 g/mol. The number of fused-ring (bicyclic) bond motifs is 1. The van der Waals surface area contributed by atoms with Gasteiger partial charge < -0.3 is 24.6 Å². The molecule has 5 nitrogen and oxygen atoms in total. The molecular formula is C21H25NO4. The lowest BCUT2D eigenvalue weighted by Gasteiger charge is -2.23. The maximum atomic E-state index is 8.98. The van der Waals surface area contributed by atoms with Crippen LogP contribution in [0.4, 0.5) is 0 Å². The van der Waals surface area contributed by atoms with Crippen molar-refractivity contribution in [2.45, 2.75) is 20.4 Å². The predicted octanol–water partition coefficient (Wildman–Crippen LogP) is 3.29. The van der Waals surface area contributed by atoms with Gasteiger partial charge in [-0.25, -0.2) is 0 Å². The quantitative estimate of drug-likeness (QED) is 0.833. The van der Waals surface area contributed by atoms with Crippen LogP contribution in [0.3, 0.4) is 0 Å². The molecule has 0 amide bonds. The summed E-state index contributed by atoms with van der Waals surface area (Å²) < 4.78 is 16.5. The highest BCUT2D eigenvalue weighted by Gasteiger charge is 2.18. The summed E-state index contributed by atoms with van der Waals surface area (Å²) >= 11 is 0. The highest BCUT2D eigenvalue weighted by Crippen LogP contribution is 2.35. The highest BCUT2D eigenvalue weighted by molar-refractivity contribution is 5.85. The lowest BCUT2D eigenvalue weighted by atomic mass is 9.96. The lowest BCUT2D eigenvalue weighted by molar-refractivity contribution is 0.200. The summed E-state index contributed by atoms with van der Waals surface area (Å²) in [5.74, 6) is 2.43. The van der Waals surface area contributed by atoms with Crippen molar-refractivity contribution in [3.63, 3.8) is 0 Å². The van der Waals surface area contributed by atoms with Gasteiger partial charge in [-0.05, 0) is 60.4 Å². The summed E-state index contributed by atoms with van der Waals surface area (Å²) in [6.07, 6.45) is 2.12. The van der Waals surface area contributed by atoms with Crippen LogP contribution < -0.4 is 19.5 Å². The Morgan fingerprint density at radius 3 is 2.38 bits per heavy atom. The summed E-state index contributed by atoms with van der Waals surface area (Å²) in [7, 11) is 3.33. The molecule has 1 aliphatic heterocycles. The first-order valence-corrected chi connectivity index (χ1v) is 8.63. The minimum absolute atomic E-state index is 0.00773. The number of rotatable bonds is 6. The third-order valence-electron chi connectivity index (χ3n) is 4.54. The van der Waals surface area contributed by atoms with Crippen LogP contribution in [-0.2, 0) is 6.54 Å². The van der Waals surface area contributed by atoms with Crippen molar-refractivity contribution in [1.82, 2.24) is 5.32 Å². The van der Waals surface area contributed by atoms with Gasteiger partial charge in [0.05, 0.1) is 20.8 Å². The van der Waals surface area contributed by atoms with E-state index in [0.717, 1.165) is 50.8 Å². The van der Waals surface area contributed by atoms with E-state index in [1.54, 1.807) is 14.2 Å². The van der Waals surface area contributed by atoms with Crippen LogP contribution in [-0.4, -0.2) is 32.5 Å². The van der Waals surface area contributed by atoms with E-state index in [1.165, 1.54) is 0 Å². The Bertz CT molecular complexity index is 819. The Balaban J connectivity index is 2.00. The van der Waals surface area contributed by atoms with E-state index in [1.807, 2.05) is 26.0 Å². The largest absolute Gasteiger partial charge is 0.497 e. The maximum absolute atomic E-state index is 8.98. The van der Waals surface area contributed by atoms with Gasteiger partial charge in [0.25, 0.3) is 0 Å². The second-order valence-electron chi connectivity index (χ2n) is 6.32. The molecule has 0 unspecified atom stereocenters. The van der Waals surface area contributed by atoms with Crippen LogP contribution >= 0.6 is 0 Å². The zero-order valence-corrected chi connectivity index (χ0v) is 15.7. The molecule has 0 saturated heterocycles. The van der Waals surface area contributed by atoms with E-state index in [-0.39, 0.29) is 6.61 Å². The molecule has 0 aromatic heterocycles. The fourth-order valence-corrected chi connectivity index (χ4v) is 3.32. The van der Waals surface area contributed by atoms with Crippen molar-refractivity contribution in [2.75, 3.05) is 27.4 Å². The molecule has 2 aromatic rings.